The Morgan fingerprint density at radius 2 is 2.07 bits per heavy atom. The number of hydrogen-bond acceptors (Lipinski definition) is 3. The summed E-state index contributed by atoms with van der Waals surface area (Å²) in [7, 11) is 0. The standard InChI is InChI=1S/C9H13F2N3/c10-8-2-1-7(9(11)5-8)3-4-13-6-14-12/h1-2,5,13-14H,3-4,6,12H2. The van der Waals surface area contributed by atoms with Crippen LogP contribution in [0, 0.1) is 11.6 Å². The summed E-state index contributed by atoms with van der Waals surface area (Å²) in [6.45, 7) is 1.05. The summed E-state index contributed by atoms with van der Waals surface area (Å²) < 4.78 is 25.6. The summed E-state index contributed by atoms with van der Waals surface area (Å²) in [5, 5.41) is 2.93. The van der Waals surface area contributed by atoms with Gasteiger partial charge in [0.1, 0.15) is 11.6 Å². The lowest BCUT2D eigenvalue weighted by molar-refractivity contribution is 0.559. The Morgan fingerprint density at radius 3 is 2.71 bits per heavy atom. The van der Waals surface area contributed by atoms with Crippen molar-refractivity contribution in [3.05, 3.63) is 35.4 Å². The van der Waals surface area contributed by atoms with Crippen LogP contribution in [0.25, 0.3) is 0 Å². The van der Waals surface area contributed by atoms with Gasteiger partial charge in [0.05, 0.1) is 6.67 Å². The molecule has 0 atom stereocenters. The van der Waals surface area contributed by atoms with Crippen molar-refractivity contribution in [1.82, 2.24) is 10.7 Å². The van der Waals surface area contributed by atoms with Gasteiger partial charge < -0.3 is 5.32 Å². The van der Waals surface area contributed by atoms with Gasteiger partial charge in [-0.2, -0.15) is 0 Å². The maximum absolute atomic E-state index is 13.1. The van der Waals surface area contributed by atoms with E-state index in [4.69, 9.17) is 5.84 Å². The van der Waals surface area contributed by atoms with Crippen LogP contribution in [-0.2, 0) is 6.42 Å². The van der Waals surface area contributed by atoms with Crippen LogP contribution in [0.15, 0.2) is 18.2 Å². The number of nitrogens with two attached hydrogens (primary N) is 1. The third kappa shape index (κ3) is 3.37. The Kier molecular flexibility index (Phi) is 4.45. The molecule has 0 saturated carbocycles. The van der Waals surface area contributed by atoms with Crippen LogP contribution in [0.3, 0.4) is 0 Å². The van der Waals surface area contributed by atoms with Crippen LogP contribution in [0.5, 0.6) is 0 Å². The molecule has 0 saturated heterocycles. The lowest BCUT2D eigenvalue weighted by Gasteiger charge is -2.04. The van der Waals surface area contributed by atoms with Crippen molar-refractivity contribution in [1.29, 1.82) is 0 Å². The minimum absolute atomic E-state index is 0.461. The monoisotopic (exact) mass is 201 g/mol. The quantitative estimate of drug-likeness (QED) is 0.282. The van der Waals surface area contributed by atoms with E-state index in [1.165, 1.54) is 12.1 Å². The van der Waals surface area contributed by atoms with Gasteiger partial charge in [0.25, 0.3) is 0 Å². The molecular formula is C9H13F2N3. The number of hydrazine groups is 1. The average Bonchev–Trinajstić information content (AvgIpc) is 2.15. The van der Waals surface area contributed by atoms with Crippen molar-refractivity contribution in [2.24, 2.45) is 5.84 Å². The summed E-state index contributed by atoms with van der Waals surface area (Å²) in [5.74, 6) is 3.96. The first-order valence-electron chi connectivity index (χ1n) is 4.32. The molecule has 5 heteroatoms. The molecule has 0 fully saturated rings. The van der Waals surface area contributed by atoms with Crippen molar-refractivity contribution >= 4 is 0 Å². The van der Waals surface area contributed by atoms with Crippen LogP contribution >= 0.6 is 0 Å². The maximum Gasteiger partial charge on any atom is 0.129 e. The second-order valence-electron chi connectivity index (χ2n) is 2.87. The first kappa shape index (κ1) is 11.0. The number of halogens is 2. The molecule has 0 aliphatic heterocycles. The van der Waals surface area contributed by atoms with Crippen molar-refractivity contribution in [3.63, 3.8) is 0 Å². The minimum atomic E-state index is -0.553. The largest absolute Gasteiger partial charge is 0.303 e. The molecule has 0 aliphatic rings. The van der Waals surface area contributed by atoms with Crippen molar-refractivity contribution in [2.45, 2.75) is 6.42 Å². The Labute approximate surface area is 81.3 Å². The molecule has 14 heavy (non-hydrogen) atoms. The van der Waals surface area contributed by atoms with Crippen molar-refractivity contribution in [2.75, 3.05) is 13.2 Å². The number of hydrogen-bond donors (Lipinski definition) is 3. The normalized spacial score (nSPS) is 10.5. The summed E-state index contributed by atoms with van der Waals surface area (Å²) in [5.41, 5.74) is 2.91. The lowest BCUT2D eigenvalue weighted by atomic mass is 10.1. The Balaban J connectivity index is 2.42. The SMILES string of the molecule is NNCNCCc1ccc(F)cc1F. The molecule has 0 aromatic heterocycles. The van der Waals surface area contributed by atoms with E-state index >= 15 is 0 Å². The van der Waals surface area contributed by atoms with E-state index in [2.05, 4.69) is 10.7 Å². The van der Waals surface area contributed by atoms with Gasteiger partial charge in [-0.15, -0.1) is 0 Å². The molecule has 0 bridgehead atoms. The van der Waals surface area contributed by atoms with E-state index in [0.29, 0.717) is 25.2 Å². The van der Waals surface area contributed by atoms with Crippen molar-refractivity contribution in [3.8, 4) is 0 Å². The molecule has 0 unspecified atom stereocenters. The van der Waals surface area contributed by atoms with Gasteiger partial charge in [0.15, 0.2) is 0 Å². The molecule has 0 radical (unpaired) electrons. The average molecular weight is 201 g/mol. The Morgan fingerprint density at radius 1 is 1.29 bits per heavy atom. The zero-order valence-electron chi connectivity index (χ0n) is 7.69. The lowest BCUT2D eigenvalue weighted by Crippen LogP contribution is -2.34. The molecule has 1 aromatic carbocycles. The van der Waals surface area contributed by atoms with Crippen LogP contribution in [0.1, 0.15) is 5.56 Å². The smallest absolute Gasteiger partial charge is 0.129 e. The maximum atomic E-state index is 13.1. The number of benzene rings is 1. The first-order valence-corrected chi connectivity index (χ1v) is 4.32. The molecule has 78 valence electrons. The van der Waals surface area contributed by atoms with Gasteiger partial charge >= 0.3 is 0 Å². The van der Waals surface area contributed by atoms with Gasteiger partial charge in [0, 0.05) is 12.6 Å². The zero-order valence-corrected chi connectivity index (χ0v) is 7.69. The van der Waals surface area contributed by atoms with Crippen molar-refractivity contribution < 1.29 is 8.78 Å². The third-order valence-electron chi connectivity index (χ3n) is 1.81. The van der Waals surface area contributed by atoms with Gasteiger partial charge in [-0.3, -0.25) is 5.84 Å². The minimum Gasteiger partial charge on any atom is -0.303 e. The topological polar surface area (TPSA) is 50.1 Å². The fourth-order valence-corrected chi connectivity index (χ4v) is 1.11. The van der Waals surface area contributed by atoms with Gasteiger partial charge in [-0.1, -0.05) is 6.07 Å². The first-order chi connectivity index (χ1) is 6.74. The van der Waals surface area contributed by atoms with E-state index < -0.39 is 11.6 Å². The van der Waals surface area contributed by atoms with Crippen LogP contribution < -0.4 is 16.6 Å². The molecule has 0 amide bonds. The summed E-state index contributed by atoms with van der Waals surface area (Å²) in [4.78, 5) is 0. The molecular weight excluding hydrogens is 188 g/mol. The second kappa shape index (κ2) is 5.64. The summed E-state index contributed by atoms with van der Waals surface area (Å²) in [6.07, 6.45) is 0.508. The van der Waals surface area contributed by atoms with E-state index in [-0.39, 0.29) is 0 Å². The molecule has 0 spiro atoms. The van der Waals surface area contributed by atoms with E-state index in [0.717, 1.165) is 6.07 Å². The molecule has 0 heterocycles. The Hall–Kier alpha value is -1.04. The molecule has 4 N–H and O–H groups in total. The van der Waals surface area contributed by atoms with Crippen LogP contribution in [0.2, 0.25) is 0 Å². The van der Waals surface area contributed by atoms with Gasteiger partial charge in [0.2, 0.25) is 0 Å². The fraction of sp³-hybridized carbons (Fsp3) is 0.333. The predicted molar refractivity (Wildman–Crippen MR) is 50.3 cm³/mol. The highest BCUT2D eigenvalue weighted by molar-refractivity contribution is 5.18. The fourth-order valence-electron chi connectivity index (χ4n) is 1.11. The van der Waals surface area contributed by atoms with Crippen LogP contribution in [0.4, 0.5) is 8.78 Å². The van der Waals surface area contributed by atoms with E-state index in [9.17, 15) is 8.78 Å². The number of nitrogens with one attached hydrogen (secondary N) is 2. The highest BCUT2D eigenvalue weighted by atomic mass is 19.1. The molecule has 0 aliphatic carbocycles. The van der Waals surface area contributed by atoms with E-state index in [1.807, 2.05) is 0 Å². The Bertz CT molecular complexity index is 291. The molecule has 3 nitrogen and oxygen atoms in total. The van der Waals surface area contributed by atoms with Crippen LogP contribution in [-0.4, -0.2) is 13.2 Å². The highest BCUT2D eigenvalue weighted by Crippen LogP contribution is 2.09. The van der Waals surface area contributed by atoms with E-state index in [1.54, 1.807) is 0 Å². The predicted octanol–water partition coefficient (Wildman–Crippen LogP) is 0.518. The third-order valence-corrected chi connectivity index (χ3v) is 1.81. The number of rotatable bonds is 5. The summed E-state index contributed by atoms with van der Waals surface area (Å²) in [6, 6.07) is 3.58. The zero-order chi connectivity index (χ0) is 10.4. The van der Waals surface area contributed by atoms with Gasteiger partial charge in [-0.25, -0.2) is 14.2 Å². The molecule has 1 rings (SSSR count). The van der Waals surface area contributed by atoms with Gasteiger partial charge in [-0.05, 0) is 18.1 Å². The second-order valence-corrected chi connectivity index (χ2v) is 2.87. The highest BCUT2D eigenvalue weighted by Gasteiger charge is 2.02. The molecule has 1 aromatic rings. The summed E-state index contributed by atoms with van der Waals surface area (Å²) >= 11 is 0.